The maximum Gasteiger partial charge on any atom is 0.227 e. The molecule has 0 spiro atoms. The third kappa shape index (κ3) is 3.28. The Balaban J connectivity index is 1.49. The number of anilines is 1. The standard InChI is InChI=1S/C20H20N2O3/c1-24-13-19-21-17-10-14(7-8-18(17)25-19)9-15-11-20(23)22(12-15)16-5-3-2-4-6-16/h2-8,10,15H,9,11-13H2,1H3/t15-/m1/s1. The summed E-state index contributed by atoms with van der Waals surface area (Å²) in [5.41, 5.74) is 3.77. The molecule has 0 saturated carbocycles. The van der Waals surface area contributed by atoms with Gasteiger partial charge in [0.2, 0.25) is 11.8 Å². The van der Waals surface area contributed by atoms with Crippen molar-refractivity contribution in [2.75, 3.05) is 18.6 Å². The molecule has 0 N–H and O–H groups in total. The Bertz CT molecular complexity index is 888. The number of fused-ring (bicyclic) bond motifs is 1. The van der Waals surface area contributed by atoms with Crippen molar-refractivity contribution in [1.29, 1.82) is 0 Å². The summed E-state index contributed by atoms with van der Waals surface area (Å²) in [5, 5.41) is 0. The predicted octanol–water partition coefficient (Wildman–Crippen LogP) is 3.57. The van der Waals surface area contributed by atoms with E-state index in [4.69, 9.17) is 9.15 Å². The van der Waals surface area contributed by atoms with Gasteiger partial charge in [0.25, 0.3) is 0 Å². The lowest BCUT2D eigenvalue weighted by Crippen LogP contribution is -2.24. The second kappa shape index (κ2) is 6.69. The van der Waals surface area contributed by atoms with Crippen molar-refractivity contribution in [3.63, 3.8) is 0 Å². The summed E-state index contributed by atoms with van der Waals surface area (Å²) in [6.07, 6.45) is 1.44. The molecule has 0 bridgehead atoms. The molecule has 1 amide bonds. The summed E-state index contributed by atoms with van der Waals surface area (Å²) in [6.45, 7) is 1.13. The number of carbonyl (C=O) groups excluding carboxylic acids is 1. The van der Waals surface area contributed by atoms with Crippen LogP contribution in [0.4, 0.5) is 5.69 Å². The number of carbonyl (C=O) groups is 1. The first kappa shape index (κ1) is 15.8. The Morgan fingerprint density at radius 1 is 1.24 bits per heavy atom. The van der Waals surface area contributed by atoms with Crippen LogP contribution in [-0.2, 0) is 22.6 Å². The van der Waals surface area contributed by atoms with Crippen LogP contribution in [0.1, 0.15) is 17.9 Å². The normalized spacial score (nSPS) is 17.6. The number of methoxy groups -OCH3 is 1. The van der Waals surface area contributed by atoms with Crippen molar-refractivity contribution in [3.05, 3.63) is 60.0 Å². The van der Waals surface area contributed by atoms with E-state index in [1.807, 2.05) is 47.4 Å². The maximum absolute atomic E-state index is 12.3. The minimum absolute atomic E-state index is 0.195. The summed E-state index contributed by atoms with van der Waals surface area (Å²) >= 11 is 0. The molecule has 1 fully saturated rings. The SMILES string of the molecule is COCc1nc2cc(C[C@@H]3CC(=O)N(c4ccccc4)C3)ccc2o1. The third-order valence-corrected chi connectivity index (χ3v) is 4.56. The third-order valence-electron chi connectivity index (χ3n) is 4.56. The van der Waals surface area contributed by atoms with Crippen molar-refractivity contribution in [1.82, 2.24) is 4.98 Å². The molecule has 4 rings (SSSR count). The van der Waals surface area contributed by atoms with Crippen LogP contribution in [0.5, 0.6) is 0 Å². The van der Waals surface area contributed by atoms with E-state index in [0.717, 1.165) is 29.8 Å². The van der Waals surface area contributed by atoms with E-state index in [1.54, 1.807) is 7.11 Å². The highest BCUT2D eigenvalue weighted by molar-refractivity contribution is 5.95. The van der Waals surface area contributed by atoms with Crippen LogP contribution in [0, 0.1) is 5.92 Å². The van der Waals surface area contributed by atoms with Gasteiger partial charge in [0.15, 0.2) is 5.58 Å². The molecule has 2 aromatic carbocycles. The van der Waals surface area contributed by atoms with Gasteiger partial charge >= 0.3 is 0 Å². The minimum atomic E-state index is 0.195. The fourth-order valence-corrected chi connectivity index (χ4v) is 3.44. The second-order valence-electron chi connectivity index (χ2n) is 6.46. The van der Waals surface area contributed by atoms with Crippen LogP contribution < -0.4 is 4.90 Å². The Labute approximate surface area is 146 Å². The van der Waals surface area contributed by atoms with E-state index >= 15 is 0 Å². The molecule has 2 heterocycles. The number of nitrogens with zero attached hydrogens (tertiary/aromatic N) is 2. The van der Waals surface area contributed by atoms with Crippen molar-refractivity contribution < 1.29 is 13.9 Å². The number of ether oxygens (including phenoxy) is 1. The molecular weight excluding hydrogens is 316 g/mol. The molecule has 1 atom stereocenters. The molecule has 1 aromatic heterocycles. The number of rotatable bonds is 5. The zero-order valence-electron chi connectivity index (χ0n) is 14.1. The Kier molecular flexibility index (Phi) is 4.24. The summed E-state index contributed by atoms with van der Waals surface area (Å²) in [5.74, 6) is 1.09. The summed E-state index contributed by atoms with van der Waals surface area (Å²) < 4.78 is 10.7. The van der Waals surface area contributed by atoms with Gasteiger partial charge in [0, 0.05) is 25.8 Å². The fourth-order valence-electron chi connectivity index (χ4n) is 3.44. The lowest BCUT2D eigenvalue weighted by molar-refractivity contribution is -0.117. The number of hydrogen-bond acceptors (Lipinski definition) is 4. The van der Waals surface area contributed by atoms with Gasteiger partial charge in [-0.05, 0) is 42.2 Å². The van der Waals surface area contributed by atoms with Gasteiger partial charge < -0.3 is 14.1 Å². The second-order valence-corrected chi connectivity index (χ2v) is 6.46. The lowest BCUT2D eigenvalue weighted by atomic mass is 9.98. The molecular formula is C20H20N2O3. The summed E-state index contributed by atoms with van der Waals surface area (Å²) in [6, 6.07) is 15.9. The van der Waals surface area contributed by atoms with Gasteiger partial charge in [-0.3, -0.25) is 4.79 Å². The highest BCUT2D eigenvalue weighted by Crippen LogP contribution is 2.28. The number of benzene rings is 2. The highest BCUT2D eigenvalue weighted by Gasteiger charge is 2.30. The largest absolute Gasteiger partial charge is 0.438 e. The molecule has 0 aliphatic carbocycles. The number of oxazole rings is 1. The summed E-state index contributed by atoms with van der Waals surface area (Å²) in [7, 11) is 1.62. The zero-order chi connectivity index (χ0) is 17.2. The monoisotopic (exact) mass is 336 g/mol. The van der Waals surface area contributed by atoms with Crippen LogP contribution in [-0.4, -0.2) is 24.5 Å². The Morgan fingerprint density at radius 3 is 2.88 bits per heavy atom. The topological polar surface area (TPSA) is 55.6 Å². The van der Waals surface area contributed by atoms with E-state index in [1.165, 1.54) is 5.56 Å². The Hall–Kier alpha value is -2.66. The predicted molar refractivity (Wildman–Crippen MR) is 95.3 cm³/mol. The van der Waals surface area contributed by atoms with Crippen LogP contribution in [0.3, 0.4) is 0 Å². The van der Waals surface area contributed by atoms with Crippen LogP contribution in [0.2, 0.25) is 0 Å². The quantitative estimate of drug-likeness (QED) is 0.715. The van der Waals surface area contributed by atoms with Crippen molar-refractivity contribution in [3.8, 4) is 0 Å². The van der Waals surface area contributed by atoms with E-state index in [2.05, 4.69) is 11.1 Å². The van der Waals surface area contributed by atoms with Gasteiger partial charge in [0.1, 0.15) is 12.1 Å². The summed E-state index contributed by atoms with van der Waals surface area (Å²) in [4.78, 5) is 18.7. The zero-order valence-corrected chi connectivity index (χ0v) is 14.1. The average molecular weight is 336 g/mol. The van der Waals surface area contributed by atoms with Crippen LogP contribution in [0.15, 0.2) is 52.9 Å². The maximum atomic E-state index is 12.3. The smallest absolute Gasteiger partial charge is 0.227 e. The van der Waals surface area contributed by atoms with E-state index in [9.17, 15) is 4.79 Å². The molecule has 25 heavy (non-hydrogen) atoms. The van der Waals surface area contributed by atoms with Gasteiger partial charge in [-0.15, -0.1) is 0 Å². The lowest BCUT2D eigenvalue weighted by Gasteiger charge is -2.16. The molecule has 0 unspecified atom stereocenters. The van der Waals surface area contributed by atoms with E-state index < -0.39 is 0 Å². The first-order chi connectivity index (χ1) is 12.2. The first-order valence-electron chi connectivity index (χ1n) is 8.45. The molecule has 1 aliphatic heterocycles. The van der Waals surface area contributed by atoms with Gasteiger partial charge in [-0.2, -0.15) is 0 Å². The molecule has 5 heteroatoms. The van der Waals surface area contributed by atoms with Gasteiger partial charge in [-0.1, -0.05) is 24.3 Å². The minimum Gasteiger partial charge on any atom is -0.438 e. The molecule has 0 radical (unpaired) electrons. The molecule has 1 saturated heterocycles. The highest BCUT2D eigenvalue weighted by atomic mass is 16.5. The number of amides is 1. The van der Waals surface area contributed by atoms with Crippen molar-refractivity contribution in [2.45, 2.75) is 19.4 Å². The molecule has 1 aliphatic rings. The van der Waals surface area contributed by atoms with E-state index in [-0.39, 0.29) is 5.91 Å². The Morgan fingerprint density at radius 2 is 2.08 bits per heavy atom. The van der Waals surface area contributed by atoms with Crippen molar-refractivity contribution >= 4 is 22.7 Å². The van der Waals surface area contributed by atoms with E-state index in [0.29, 0.717) is 24.8 Å². The average Bonchev–Trinajstić information content (AvgIpc) is 3.18. The van der Waals surface area contributed by atoms with Crippen LogP contribution in [0.25, 0.3) is 11.1 Å². The molecule has 3 aromatic rings. The van der Waals surface area contributed by atoms with Crippen molar-refractivity contribution in [2.24, 2.45) is 5.92 Å². The number of aromatic nitrogens is 1. The van der Waals surface area contributed by atoms with Gasteiger partial charge in [-0.25, -0.2) is 4.98 Å². The fraction of sp³-hybridized carbons (Fsp3) is 0.300. The van der Waals surface area contributed by atoms with Crippen LogP contribution >= 0.6 is 0 Å². The van der Waals surface area contributed by atoms with Gasteiger partial charge in [0.05, 0.1) is 0 Å². The molecule has 5 nitrogen and oxygen atoms in total. The first-order valence-corrected chi connectivity index (χ1v) is 8.45. The molecule has 128 valence electrons. The number of para-hydroxylation sites is 1. The number of hydrogen-bond donors (Lipinski definition) is 0.